The molecule has 1 amide bonds. The minimum Gasteiger partial charge on any atom is -1.00 e. The third kappa shape index (κ3) is 16.4. The molecule has 0 aliphatic heterocycles. The number of guanidine groups is 1. The monoisotopic (exact) mass is 364 g/mol. The van der Waals surface area contributed by atoms with Crippen LogP contribution in [0, 0.1) is 6.08 Å². The Morgan fingerprint density at radius 3 is 2.58 bits per heavy atom. The van der Waals surface area contributed by atoms with Crippen LogP contribution >= 0.6 is 0 Å². The van der Waals surface area contributed by atoms with Crippen molar-refractivity contribution in [2.75, 3.05) is 20.1 Å². The summed E-state index contributed by atoms with van der Waals surface area (Å²) >= 11 is 0. The van der Waals surface area contributed by atoms with Crippen LogP contribution in [0.15, 0.2) is 11.6 Å². The average Bonchev–Trinajstić information content (AvgIpc) is 2.30. The van der Waals surface area contributed by atoms with Crippen LogP contribution in [0.25, 0.3) is 0 Å². The predicted octanol–water partition coefficient (Wildman–Crippen LogP) is -8.15. The molecule has 0 aromatic carbocycles. The van der Waals surface area contributed by atoms with Gasteiger partial charge in [-0.25, -0.2) is 0 Å². The van der Waals surface area contributed by atoms with Gasteiger partial charge in [0.05, 0.1) is 0 Å². The molecular weight excluding hydrogens is 343 g/mol. The molecule has 7 nitrogen and oxygen atoms in total. The van der Waals surface area contributed by atoms with E-state index in [9.17, 15) is 4.79 Å². The van der Waals surface area contributed by atoms with Crippen LogP contribution in [0.5, 0.6) is 0 Å². The number of hydrogen-bond acceptors (Lipinski definition) is 3. The van der Waals surface area contributed by atoms with Crippen molar-refractivity contribution >= 4 is 11.9 Å². The van der Waals surface area contributed by atoms with Gasteiger partial charge in [-0.3, -0.25) is 16.4 Å². The number of nitrogens with one attached hydrogen (secondary N) is 2. The summed E-state index contributed by atoms with van der Waals surface area (Å²) in [6.07, 6.45) is 4.11. The largest absolute Gasteiger partial charge is 1.00 e. The second kappa shape index (κ2) is 18.5. The summed E-state index contributed by atoms with van der Waals surface area (Å²) in [5, 5.41) is 5.56. The first kappa shape index (κ1) is 27.8. The van der Waals surface area contributed by atoms with Crippen LogP contribution in [0.2, 0.25) is 0 Å². The molecule has 0 rings (SSSR count). The fourth-order valence-electron chi connectivity index (χ4n) is 1.07. The number of aliphatic imine (C=N–C) groups is 1. The van der Waals surface area contributed by atoms with Crippen molar-refractivity contribution in [3.8, 4) is 0 Å². The molecule has 0 saturated carbocycles. The van der Waals surface area contributed by atoms with E-state index in [0.717, 1.165) is 6.42 Å². The van der Waals surface area contributed by atoms with Gasteiger partial charge in [0.1, 0.15) is 0 Å². The molecule has 0 aliphatic rings. The fraction of sp³-hybridized carbons (Fsp3) is 0.600. The number of quaternary nitrogens is 1. The number of halogens is 1. The summed E-state index contributed by atoms with van der Waals surface area (Å²) in [5.41, 5.74) is 9.22. The molecule has 8 N–H and O–H groups in total. The molecule has 1 atom stereocenters. The number of hydrogen-bond donors (Lipinski definition) is 4. The maximum Gasteiger partial charge on any atom is 1.00 e. The van der Waals surface area contributed by atoms with Gasteiger partial charge in [0.25, 0.3) is 5.91 Å². The molecule has 108 valence electrons. The molecule has 0 aromatic rings. The SMILES string of the molecule is C=[C-]CNC(=O)[C@@H]([NH3+])CCCNC(N)=NC.[Cl-].[OH-].[Rb+]. The number of nitrogens with two attached hydrogens (primary N) is 1. The van der Waals surface area contributed by atoms with Crippen molar-refractivity contribution in [1.82, 2.24) is 10.6 Å². The molecule has 9 heteroatoms. The smallest absolute Gasteiger partial charge is 1.00 e. The average molecular weight is 365 g/mol. The fourth-order valence-corrected chi connectivity index (χ4v) is 1.07. The van der Waals surface area contributed by atoms with E-state index in [-0.39, 0.29) is 88.0 Å². The topological polar surface area (TPSA) is 137 Å². The molecule has 0 heterocycles. The Balaban J connectivity index is -0.000000375. The van der Waals surface area contributed by atoms with E-state index in [1.165, 1.54) is 0 Å². The van der Waals surface area contributed by atoms with Crippen molar-refractivity contribution in [3.05, 3.63) is 12.7 Å². The van der Waals surface area contributed by atoms with Crippen LogP contribution in [0.1, 0.15) is 12.8 Å². The minimum atomic E-state index is -0.255. The maximum absolute atomic E-state index is 11.4. The number of carbonyl (C=O) groups excluding carboxylic acids is 1. The van der Waals surface area contributed by atoms with Gasteiger partial charge in [-0.1, -0.05) is 0 Å². The number of carbonyl (C=O) groups is 1. The zero-order valence-electron chi connectivity index (χ0n) is 11.6. The van der Waals surface area contributed by atoms with Crippen LogP contribution in [0.3, 0.4) is 0 Å². The van der Waals surface area contributed by atoms with E-state index in [1.807, 2.05) is 0 Å². The van der Waals surface area contributed by atoms with Gasteiger partial charge in [-0.15, -0.1) is 6.54 Å². The van der Waals surface area contributed by atoms with Crippen LogP contribution in [-0.2, 0) is 4.79 Å². The van der Waals surface area contributed by atoms with Gasteiger partial charge < -0.3 is 46.1 Å². The Kier molecular flexibility index (Phi) is 27.0. The molecule has 0 spiro atoms. The first-order valence-electron chi connectivity index (χ1n) is 5.18. The van der Waals surface area contributed by atoms with Crippen LogP contribution in [-0.4, -0.2) is 43.5 Å². The van der Waals surface area contributed by atoms with Gasteiger partial charge in [0.15, 0.2) is 12.0 Å². The van der Waals surface area contributed by atoms with E-state index in [0.29, 0.717) is 25.5 Å². The van der Waals surface area contributed by atoms with Crippen molar-refractivity contribution in [3.63, 3.8) is 0 Å². The Morgan fingerprint density at radius 1 is 1.53 bits per heavy atom. The van der Waals surface area contributed by atoms with Gasteiger partial charge in [0, 0.05) is 20.0 Å². The van der Waals surface area contributed by atoms with Gasteiger partial charge in [-0.2, -0.15) is 0 Å². The Bertz CT molecular complexity index is 266. The van der Waals surface area contributed by atoms with E-state index < -0.39 is 0 Å². The maximum atomic E-state index is 11.4. The second-order valence-corrected chi connectivity index (χ2v) is 3.34. The number of amides is 1. The normalized spacial score (nSPS) is 10.9. The van der Waals surface area contributed by atoms with Gasteiger partial charge >= 0.3 is 58.2 Å². The predicted molar refractivity (Wildman–Crippen MR) is 65.3 cm³/mol. The third-order valence-corrected chi connectivity index (χ3v) is 2.03. The van der Waals surface area contributed by atoms with E-state index in [1.54, 1.807) is 7.05 Å². The molecule has 19 heavy (non-hydrogen) atoms. The number of nitrogens with zero attached hydrogens (tertiary/aromatic N) is 1. The molecule has 0 fully saturated rings. The summed E-state index contributed by atoms with van der Waals surface area (Å²) < 4.78 is 0. The van der Waals surface area contributed by atoms with E-state index in [4.69, 9.17) is 5.73 Å². The van der Waals surface area contributed by atoms with E-state index >= 15 is 0 Å². The summed E-state index contributed by atoms with van der Waals surface area (Å²) in [4.78, 5) is 15.1. The van der Waals surface area contributed by atoms with Crippen molar-refractivity contribution < 1.29 is 86.6 Å². The summed E-state index contributed by atoms with van der Waals surface area (Å²) in [5.74, 6) is 0.333. The molecular formula is C10H22ClN5O2Rb-. The molecule has 0 saturated heterocycles. The van der Waals surface area contributed by atoms with Crippen molar-refractivity contribution in [1.29, 1.82) is 0 Å². The Labute approximate surface area is 169 Å². The van der Waals surface area contributed by atoms with Crippen LogP contribution in [0.4, 0.5) is 0 Å². The molecule has 0 unspecified atom stereocenters. The number of rotatable bonds is 7. The molecule has 0 aromatic heterocycles. The first-order valence-corrected chi connectivity index (χ1v) is 5.18. The Hall–Kier alpha value is 0.495. The molecule has 0 bridgehead atoms. The second-order valence-electron chi connectivity index (χ2n) is 3.34. The minimum absolute atomic E-state index is 0. The van der Waals surface area contributed by atoms with Gasteiger partial charge in [0.2, 0.25) is 0 Å². The van der Waals surface area contributed by atoms with Gasteiger partial charge in [-0.05, 0) is 6.42 Å². The standard InChI is InChI=1S/C10H20N5O.ClH.H2O.Rb/c1-3-6-14-9(16)8(11)5-4-7-15-10(12)13-2;;;/h8H,1,4-7,11H2,2H3,(H,14,16)(H3,12,13,15);1H;1H2;/q-1;;;+1/p-1/t8-;;;/m0.../s1. The third-order valence-electron chi connectivity index (χ3n) is 2.03. The quantitative estimate of drug-likeness (QED) is 0.154. The Morgan fingerprint density at radius 2 is 2.11 bits per heavy atom. The first-order chi connectivity index (χ1) is 7.61. The summed E-state index contributed by atoms with van der Waals surface area (Å²) in [6, 6.07) is -0.255. The zero-order chi connectivity index (χ0) is 12.4. The zero-order valence-corrected chi connectivity index (χ0v) is 17.2. The van der Waals surface area contributed by atoms with Crippen molar-refractivity contribution in [2.24, 2.45) is 10.7 Å². The molecule has 0 radical (unpaired) electrons. The molecule has 0 aliphatic carbocycles. The summed E-state index contributed by atoms with van der Waals surface area (Å²) in [6.45, 7) is 4.45. The van der Waals surface area contributed by atoms with Crippen molar-refractivity contribution in [2.45, 2.75) is 18.9 Å². The summed E-state index contributed by atoms with van der Waals surface area (Å²) in [7, 11) is 1.62. The van der Waals surface area contributed by atoms with E-state index in [2.05, 4.69) is 34.0 Å². The van der Waals surface area contributed by atoms with Crippen LogP contribution < -0.4 is 92.7 Å².